The molecule has 3 heteroatoms. The van der Waals surface area contributed by atoms with Crippen molar-refractivity contribution in [2.45, 2.75) is 58.7 Å². The molecule has 1 N–H and O–H groups in total. The van der Waals surface area contributed by atoms with E-state index in [9.17, 15) is 4.79 Å². The fourth-order valence-electron chi connectivity index (χ4n) is 2.27. The quantitative estimate of drug-likeness (QED) is 0.765. The lowest BCUT2D eigenvalue weighted by Crippen LogP contribution is -2.28. The third-order valence-corrected chi connectivity index (χ3v) is 3.12. The maximum Gasteiger partial charge on any atom is 0.309 e. The highest BCUT2D eigenvalue weighted by Crippen LogP contribution is 2.33. The minimum absolute atomic E-state index is 0.0932. The Morgan fingerprint density at radius 3 is 2.60 bits per heavy atom. The van der Waals surface area contributed by atoms with E-state index in [0.29, 0.717) is 6.42 Å². The lowest BCUT2D eigenvalue weighted by molar-refractivity contribution is -0.144. The lowest BCUT2D eigenvalue weighted by atomic mass is 9.91. The molecule has 15 heavy (non-hydrogen) atoms. The van der Waals surface area contributed by atoms with Gasteiger partial charge < -0.3 is 9.84 Å². The summed E-state index contributed by atoms with van der Waals surface area (Å²) in [6.07, 6.45) is 4.04. The van der Waals surface area contributed by atoms with Crippen molar-refractivity contribution in [1.29, 1.82) is 0 Å². The summed E-state index contributed by atoms with van der Waals surface area (Å²) in [5.41, 5.74) is 0. The van der Waals surface area contributed by atoms with Crippen molar-refractivity contribution in [1.82, 2.24) is 0 Å². The molecule has 88 valence electrons. The Labute approximate surface area is 91.8 Å². The fourth-order valence-corrected chi connectivity index (χ4v) is 2.27. The van der Waals surface area contributed by atoms with Gasteiger partial charge in [-0.25, -0.2) is 0 Å². The van der Waals surface area contributed by atoms with Gasteiger partial charge in [0.25, 0.3) is 0 Å². The third-order valence-electron chi connectivity index (χ3n) is 3.12. The predicted molar refractivity (Wildman–Crippen MR) is 58.8 cm³/mol. The van der Waals surface area contributed by atoms with Crippen molar-refractivity contribution in [3.05, 3.63) is 0 Å². The zero-order chi connectivity index (χ0) is 11.4. The highest BCUT2D eigenvalue weighted by atomic mass is 16.5. The van der Waals surface area contributed by atoms with Gasteiger partial charge in [-0.3, -0.25) is 4.79 Å². The number of rotatable bonds is 5. The Balaban J connectivity index is 2.53. The number of hydrogen-bond donors (Lipinski definition) is 1. The third kappa shape index (κ3) is 3.20. The normalized spacial score (nSPS) is 31.1. The molecule has 1 aliphatic rings. The summed E-state index contributed by atoms with van der Waals surface area (Å²) in [4.78, 5) is 11.1. The van der Waals surface area contributed by atoms with E-state index in [4.69, 9.17) is 9.84 Å². The van der Waals surface area contributed by atoms with Crippen LogP contribution in [-0.4, -0.2) is 23.3 Å². The molecular formula is C12H22O3. The molecule has 3 unspecified atom stereocenters. The number of carbonyl (C=O) groups is 1. The maximum absolute atomic E-state index is 11.1. The van der Waals surface area contributed by atoms with Gasteiger partial charge in [0.2, 0.25) is 0 Å². The molecule has 0 aromatic rings. The number of ether oxygens (including phenoxy) is 1. The van der Waals surface area contributed by atoms with Crippen LogP contribution in [0.4, 0.5) is 0 Å². The first-order chi connectivity index (χ1) is 7.06. The van der Waals surface area contributed by atoms with Gasteiger partial charge >= 0.3 is 5.97 Å². The molecule has 1 rings (SSSR count). The van der Waals surface area contributed by atoms with Crippen molar-refractivity contribution in [3.63, 3.8) is 0 Å². The minimum Gasteiger partial charge on any atom is -0.481 e. The number of unbranched alkanes of at least 4 members (excludes halogenated alkanes) is 1. The fraction of sp³-hybridized carbons (Fsp3) is 0.917. The Hall–Kier alpha value is -0.570. The van der Waals surface area contributed by atoms with Crippen molar-refractivity contribution in [3.8, 4) is 0 Å². The van der Waals surface area contributed by atoms with E-state index in [1.807, 2.05) is 13.8 Å². The van der Waals surface area contributed by atoms with E-state index >= 15 is 0 Å². The highest BCUT2D eigenvalue weighted by Gasteiger charge is 2.40. The summed E-state index contributed by atoms with van der Waals surface area (Å²) in [6.45, 7) is 6.20. The second kappa shape index (κ2) is 5.50. The molecule has 0 aromatic heterocycles. The molecule has 0 saturated carbocycles. The molecule has 3 atom stereocenters. The Kier molecular flexibility index (Phi) is 4.58. The topological polar surface area (TPSA) is 46.5 Å². The van der Waals surface area contributed by atoms with Gasteiger partial charge in [0.1, 0.15) is 0 Å². The maximum atomic E-state index is 11.1. The first kappa shape index (κ1) is 12.5. The van der Waals surface area contributed by atoms with Crippen LogP contribution < -0.4 is 0 Å². The van der Waals surface area contributed by atoms with Crippen molar-refractivity contribution >= 4 is 5.97 Å². The molecular weight excluding hydrogens is 192 g/mol. The van der Waals surface area contributed by atoms with Crippen LogP contribution in [0.1, 0.15) is 46.5 Å². The first-order valence-electron chi connectivity index (χ1n) is 5.94. The molecule has 3 nitrogen and oxygen atoms in total. The van der Waals surface area contributed by atoms with Gasteiger partial charge in [0, 0.05) is 0 Å². The Morgan fingerprint density at radius 2 is 2.20 bits per heavy atom. The Morgan fingerprint density at radius 1 is 1.53 bits per heavy atom. The van der Waals surface area contributed by atoms with Gasteiger partial charge in [-0.2, -0.15) is 0 Å². The monoisotopic (exact) mass is 214 g/mol. The number of carboxylic acid groups (broad SMARTS) is 1. The van der Waals surface area contributed by atoms with Gasteiger partial charge in [-0.15, -0.1) is 0 Å². The van der Waals surface area contributed by atoms with E-state index in [1.165, 1.54) is 0 Å². The van der Waals surface area contributed by atoms with Crippen LogP contribution in [-0.2, 0) is 9.53 Å². The molecule has 0 spiro atoms. The number of aliphatic carboxylic acids is 1. The molecule has 0 aromatic carbocycles. The molecule has 0 amide bonds. The smallest absolute Gasteiger partial charge is 0.309 e. The molecule has 1 saturated heterocycles. The lowest BCUT2D eigenvalue weighted by Gasteiger charge is -2.19. The van der Waals surface area contributed by atoms with Gasteiger partial charge in [-0.05, 0) is 18.8 Å². The van der Waals surface area contributed by atoms with E-state index in [2.05, 4.69) is 6.92 Å². The standard InChI is InChI=1S/C12H22O3/c1-4-5-6-9-7-10(12(13)14)11(15-9)8(2)3/h8-11H,4-7H2,1-3H3,(H,13,14). The van der Waals surface area contributed by atoms with Crippen molar-refractivity contribution in [2.24, 2.45) is 11.8 Å². The van der Waals surface area contributed by atoms with Crippen LogP contribution >= 0.6 is 0 Å². The average molecular weight is 214 g/mol. The predicted octanol–water partition coefficient (Wildman–Crippen LogP) is 2.69. The van der Waals surface area contributed by atoms with Gasteiger partial charge in [0.15, 0.2) is 0 Å². The summed E-state index contributed by atoms with van der Waals surface area (Å²) in [7, 11) is 0. The van der Waals surface area contributed by atoms with Crippen LogP contribution in [0.25, 0.3) is 0 Å². The summed E-state index contributed by atoms with van der Waals surface area (Å²) in [5.74, 6) is -0.711. The minimum atomic E-state index is -0.701. The highest BCUT2D eigenvalue weighted by molar-refractivity contribution is 5.71. The van der Waals surface area contributed by atoms with Crippen LogP contribution in [0.5, 0.6) is 0 Å². The van der Waals surface area contributed by atoms with Crippen LogP contribution in [0, 0.1) is 11.8 Å². The van der Waals surface area contributed by atoms with Crippen LogP contribution in [0.2, 0.25) is 0 Å². The van der Waals surface area contributed by atoms with E-state index in [-0.39, 0.29) is 24.0 Å². The molecule has 0 radical (unpaired) electrons. The first-order valence-corrected chi connectivity index (χ1v) is 5.94. The van der Waals surface area contributed by atoms with E-state index in [1.54, 1.807) is 0 Å². The van der Waals surface area contributed by atoms with Crippen molar-refractivity contribution < 1.29 is 14.6 Å². The second-order valence-electron chi connectivity index (χ2n) is 4.79. The average Bonchev–Trinajstić information content (AvgIpc) is 2.58. The van der Waals surface area contributed by atoms with Crippen molar-refractivity contribution in [2.75, 3.05) is 0 Å². The summed E-state index contributed by atoms with van der Waals surface area (Å²) in [5, 5.41) is 9.10. The Bertz CT molecular complexity index is 213. The zero-order valence-electron chi connectivity index (χ0n) is 9.90. The molecule has 1 fully saturated rings. The number of hydrogen-bond acceptors (Lipinski definition) is 2. The SMILES string of the molecule is CCCCC1CC(C(=O)O)C(C(C)C)O1. The van der Waals surface area contributed by atoms with Gasteiger partial charge in [0.05, 0.1) is 18.1 Å². The van der Waals surface area contributed by atoms with Crippen LogP contribution in [0.15, 0.2) is 0 Å². The summed E-state index contributed by atoms with van der Waals surface area (Å²) < 4.78 is 5.82. The van der Waals surface area contributed by atoms with Crippen LogP contribution in [0.3, 0.4) is 0 Å². The molecule has 1 heterocycles. The second-order valence-corrected chi connectivity index (χ2v) is 4.79. The summed E-state index contributed by atoms with van der Waals surface area (Å²) >= 11 is 0. The van der Waals surface area contributed by atoms with E-state index < -0.39 is 5.97 Å². The van der Waals surface area contributed by atoms with E-state index in [0.717, 1.165) is 19.3 Å². The number of carboxylic acids is 1. The zero-order valence-corrected chi connectivity index (χ0v) is 9.90. The summed E-state index contributed by atoms with van der Waals surface area (Å²) in [6, 6.07) is 0. The van der Waals surface area contributed by atoms with Gasteiger partial charge in [-0.1, -0.05) is 33.6 Å². The molecule has 0 aliphatic carbocycles. The molecule has 0 bridgehead atoms. The molecule has 1 aliphatic heterocycles. The largest absolute Gasteiger partial charge is 0.481 e.